The molecule has 0 aromatic heterocycles. The van der Waals surface area contributed by atoms with Crippen LogP contribution in [0.4, 0.5) is 18.9 Å². The van der Waals surface area contributed by atoms with Crippen molar-refractivity contribution in [2.75, 3.05) is 23.0 Å². The zero-order valence-corrected chi connectivity index (χ0v) is 16.4. The van der Waals surface area contributed by atoms with E-state index in [-0.39, 0.29) is 48.1 Å². The molecule has 29 heavy (non-hydrogen) atoms. The molecule has 2 aliphatic heterocycles. The molecule has 3 fully saturated rings. The highest BCUT2D eigenvalue weighted by molar-refractivity contribution is 7.91. The quantitative estimate of drug-likeness (QED) is 0.734. The molecule has 2 amide bonds. The number of sulfone groups is 1. The maximum absolute atomic E-state index is 13.1. The molecule has 10 heteroatoms. The van der Waals surface area contributed by atoms with Crippen LogP contribution < -0.4 is 4.90 Å². The standard InChI is InChI=1S/C19H21F3N2O4S/c20-19(21,22)13-2-1-3-15(9-13)23-10-12(8-17(23)25)18(26)24(14-4-5-14)16-6-7-29(27,28)11-16/h1-3,9,12,14,16H,4-8,10-11H2. The molecule has 1 aliphatic carbocycles. The molecular weight excluding hydrogens is 409 g/mol. The van der Waals surface area contributed by atoms with Crippen LogP contribution in [0.25, 0.3) is 0 Å². The SMILES string of the molecule is O=C1CC(C(=O)N(C2CC2)C2CCS(=O)(=O)C2)CN1c1cccc(C(F)(F)F)c1. The van der Waals surface area contributed by atoms with E-state index in [4.69, 9.17) is 0 Å². The Labute approximate surface area is 166 Å². The Balaban J connectivity index is 1.52. The van der Waals surface area contributed by atoms with Gasteiger partial charge in [-0.2, -0.15) is 13.2 Å². The first-order valence-electron chi connectivity index (χ1n) is 9.55. The number of nitrogens with zero attached hydrogens (tertiary/aromatic N) is 2. The second-order valence-corrected chi connectivity index (χ2v) is 10.2. The summed E-state index contributed by atoms with van der Waals surface area (Å²) in [7, 11) is -3.16. The van der Waals surface area contributed by atoms with Crippen LogP contribution >= 0.6 is 0 Å². The number of hydrogen-bond acceptors (Lipinski definition) is 4. The van der Waals surface area contributed by atoms with Crippen LogP contribution in [-0.2, 0) is 25.6 Å². The van der Waals surface area contributed by atoms with E-state index >= 15 is 0 Å². The lowest BCUT2D eigenvalue weighted by molar-refractivity contribution is -0.138. The van der Waals surface area contributed by atoms with Crippen LogP contribution in [0.15, 0.2) is 24.3 Å². The number of amides is 2. The van der Waals surface area contributed by atoms with E-state index in [9.17, 15) is 31.2 Å². The number of carbonyl (C=O) groups is 2. The Bertz CT molecular complexity index is 943. The fraction of sp³-hybridized carbons (Fsp3) is 0.579. The topological polar surface area (TPSA) is 74.8 Å². The van der Waals surface area contributed by atoms with Crippen molar-refractivity contribution in [1.82, 2.24) is 4.90 Å². The molecule has 1 aromatic rings. The molecule has 0 spiro atoms. The second-order valence-electron chi connectivity index (χ2n) is 7.99. The van der Waals surface area contributed by atoms with Gasteiger partial charge < -0.3 is 9.80 Å². The van der Waals surface area contributed by atoms with Gasteiger partial charge in [0.1, 0.15) is 0 Å². The van der Waals surface area contributed by atoms with E-state index in [1.807, 2.05) is 0 Å². The maximum Gasteiger partial charge on any atom is 0.416 e. The highest BCUT2D eigenvalue weighted by atomic mass is 32.2. The summed E-state index contributed by atoms with van der Waals surface area (Å²) in [5.41, 5.74) is -0.741. The molecule has 6 nitrogen and oxygen atoms in total. The smallest absolute Gasteiger partial charge is 0.335 e. The molecule has 1 saturated carbocycles. The minimum absolute atomic E-state index is 0.00138. The number of alkyl halides is 3. The molecule has 1 aromatic carbocycles. The molecule has 0 radical (unpaired) electrons. The van der Waals surface area contributed by atoms with Crippen LogP contribution in [0, 0.1) is 5.92 Å². The third-order valence-electron chi connectivity index (χ3n) is 5.76. The zero-order chi connectivity index (χ0) is 21.0. The van der Waals surface area contributed by atoms with Gasteiger partial charge in [0, 0.05) is 30.7 Å². The highest BCUT2D eigenvalue weighted by Crippen LogP contribution is 2.37. The minimum atomic E-state index is -4.52. The zero-order valence-electron chi connectivity index (χ0n) is 15.6. The predicted molar refractivity (Wildman–Crippen MR) is 98.8 cm³/mol. The van der Waals surface area contributed by atoms with Crippen LogP contribution in [0.2, 0.25) is 0 Å². The Morgan fingerprint density at radius 1 is 1.14 bits per heavy atom. The van der Waals surface area contributed by atoms with Crippen LogP contribution in [0.1, 0.15) is 31.2 Å². The summed E-state index contributed by atoms with van der Waals surface area (Å²) in [5.74, 6) is -1.36. The van der Waals surface area contributed by atoms with E-state index in [1.165, 1.54) is 17.0 Å². The average molecular weight is 430 g/mol. The van der Waals surface area contributed by atoms with Gasteiger partial charge >= 0.3 is 6.18 Å². The predicted octanol–water partition coefficient (Wildman–Crippen LogP) is 2.24. The summed E-state index contributed by atoms with van der Waals surface area (Å²) in [4.78, 5) is 28.5. The van der Waals surface area contributed by atoms with Gasteiger partial charge in [-0.25, -0.2) is 8.42 Å². The molecule has 2 heterocycles. The van der Waals surface area contributed by atoms with Crippen LogP contribution in [0.5, 0.6) is 0 Å². The fourth-order valence-electron chi connectivity index (χ4n) is 4.19. The maximum atomic E-state index is 13.1. The normalized spacial score (nSPS) is 26.7. The van der Waals surface area contributed by atoms with Gasteiger partial charge in [-0.05, 0) is 37.5 Å². The largest absolute Gasteiger partial charge is 0.416 e. The van der Waals surface area contributed by atoms with Gasteiger partial charge in [-0.1, -0.05) is 6.07 Å². The first-order chi connectivity index (χ1) is 13.5. The average Bonchev–Trinajstić information content (AvgIpc) is 3.29. The summed E-state index contributed by atoms with van der Waals surface area (Å²) in [5, 5.41) is 0. The van der Waals surface area contributed by atoms with Crippen molar-refractivity contribution in [2.24, 2.45) is 5.92 Å². The van der Waals surface area contributed by atoms with E-state index in [0.717, 1.165) is 25.0 Å². The van der Waals surface area contributed by atoms with Gasteiger partial charge in [0.2, 0.25) is 11.8 Å². The molecule has 0 N–H and O–H groups in total. The first kappa shape index (κ1) is 20.2. The summed E-state index contributed by atoms with van der Waals surface area (Å²) in [6, 6.07) is 4.12. The number of benzene rings is 1. The van der Waals surface area contributed by atoms with Gasteiger partial charge in [-0.15, -0.1) is 0 Å². The summed E-state index contributed by atoms with van der Waals surface area (Å²) >= 11 is 0. The number of carbonyl (C=O) groups excluding carboxylic acids is 2. The fourth-order valence-corrected chi connectivity index (χ4v) is 5.90. The van der Waals surface area contributed by atoms with Gasteiger partial charge in [0.25, 0.3) is 0 Å². The summed E-state index contributed by atoms with van der Waals surface area (Å²) in [6.45, 7) is 0.00165. The Hall–Kier alpha value is -2.10. The van der Waals surface area contributed by atoms with Crippen molar-refractivity contribution in [3.8, 4) is 0 Å². The van der Waals surface area contributed by atoms with Crippen LogP contribution in [0.3, 0.4) is 0 Å². The molecule has 2 atom stereocenters. The van der Waals surface area contributed by atoms with E-state index in [1.54, 1.807) is 4.90 Å². The number of rotatable bonds is 4. The highest BCUT2D eigenvalue weighted by Gasteiger charge is 2.46. The first-order valence-corrected chi connectivity index (χ1v) is 11.4. The Morgan fingerprint density at radius 3 is 2.45 bits per heavy atom. The van der Waals surface area contributed by atoms with Gasteiger partial charge in [0.05, 0.1) is 23.0 Å². The van der Waals surface area contributed by atoms with Crippen molar-refractivity contribution in [3.05, 3.63) is 29.8 Å². The molecule has 3 aliphatic rings. The van der Waals surface area contributed by atoms with Crippen molar-refractivity contribution in [1.29, 1.82) is 0 Å². The van der Waals surface area contributed by atoms with Crippen LogP contribution in [-0.4, -0.2) is 55.3 Å². The van der Waals surface area contributed by atoms with Gasteiger partial charge in [-0.3, -0.25) is 9.59 Å². The van der Waals surface area contributed by atoms with E-state index in [0.29, 0.717) is 6.42 Å². The van der Waals surface area contributed by atoms with Gasteiger partial charge in [0.15, 0.2) is 9.84 Å². The Kier molecular flexibility index (Phi) is 4.87. The number of anilines is 1. The molecule has 158 valence electrons. The molecule has 4 rings (SSSR count). The van der Waals surface area contributed by atoms with Crippen molar-refractivity contribution in [2.45, 2.75) is 43.9 Å². The molecule has 2 unspecified atom stereocenters. The number of halogens is 3. The lowest BCUT2D eigenvalue weighted by atomic mass is 10.0. The van der Waals surface area contributed by atoms with Crippen molar-refractivity contribution < 1.29 is 31.2 Å². The number of hydrogen-bond donors (Lipinski definition) is 0. The minimum Gasteiger partial charge on any atom is -0.335 e. The molecular formula is C19H21F3N2O4S. The third kappa shape index (κ3) is 4.12. The summed E-state index contributed by atoms with van der Waals surface area (Å²) < 4.78 is 62.6. The molecule has 2 saturated heterocycles. The molecule has 0 bridgehead atoms. The van der Waals surface area contributed by atoms with Crippen molar-refractivity contribution >= 4 is 27.3 Å². The lowest BCUT2D eigenvalue weighted by Gasteiger charge is -2.30. The Morgan fingerprint density at radius 2 is 1.86 bits per heavy atom. The second kappa shape index (κ2) is 7.00. The monoisotopic (exact) mass is 430 g/mol. The summed E-state index contributed by atoms with van der Waals surface area (Å²) in [6.07, 6.45) is -2.61. The lowest BCUT2D eigenvalue weighted by Crippen LogP contribution is -2.46. The third-order valence-corrected chi connectivity index (χ3v) is 7.51. The van der Waals surface area contributed by atoms with Crippen molar-refractivity contribution in [3.63, 3.8) is 0 Å². The van der Waals surface area contributed by atoms with E-state index in [2.05, 4.69) is 0 Å². The van der Waals surface area contributed by atoms with E-state index < -0.39 is 33.4 Å².